The Morgan fingerprint density at radius 3 is 3.00 bits per heavy atom. The summed E-state index contributed by atoms with van der Waals surface area (Å²) in [6.45, 7) is 0.419. The van der Waals surface area contributed by atoms with Crippen molar-refractivity contribution in [2.45, 2.75) is 6.54 Å². The number of rotatable bonds is 5. The molecule has 0 aliphatic rings. The van der Waals surface area contributed by atoms with E-state index in [0.717, 1.165) is 17.6 Å². The van der Waals surface area contributed by atoms with Gasteiger partial charge in [0.05, 0.1) is 24.1 Å². The summed E-state index contributed by atoms with van der Waals surface area (Å²) in [4.78, 5) is 12.5. The second-order valence-corrected chi connectivity index (χ2v) is 4.66. The standard InChI is InChI=1S/C14H15N9/c15-5-9(6-16)11-8-19-13(17)14(21-11)20-7-10-1-2-12-18-3-4-23(12)22-10/h1-6,8,15H,7,16H2,(H2,17,19)(H,20,21). The number of nitrogens with zero attached hydrogens (tertiary/aromatic N) is 5. The summed E-state index contributed by atoms with van der Waals surface area (Å²) >= 11 is 0. The number of hydrogen-bond donors (Lipinski definition) is 4. The molecule has 0 fully saturated rings. The van der Waals surface area contributed by atoms with Gasteiger partial charge in [-0.15, -0.1) is 0 Å². The van der Waals surface area contributed by atoms with E-state index in [2.05, 4.69) is 25.4 Å². The molecule has 0 saturated carbocycles. The van der Waals surface area contributed by atoms with Crippen molar-refractivity contribution in [1.29, 1.82) is 5.41 Å². The normalized spacial score (nSPS) is 11.6. The molecule has 23 heavy (non-hydrogen) atoms. The fourth-order valence-corrected chi connectivity index (χ4v) is 2.00. The monoisotopic (exact) mass is 309 g/mol. The third kappa shape index (κ3) is 2.93. The third-order valence-electron chi connectivity index (χ3n) is 3.18. The lowest BCUT2D eigenvalue weighted by Gasteiger charge is -2.09. The molecule has 0 aromatic carbocycles. The predicted octanol–water partition coefficient (Wildman–Crippen LogP) is 0.663. The highest BCUT2D eigenvalue weighted by Crippen LogP contribution is 2.17. The van der Waals surface area contributed by atoms with E-state index < -0.39 is 0 Å². The molecule has 6 N–H and O–H groups in total. The summed E-state index contributed by atoms with van der Waals surface area (Å²) in [6, 6.07) is 3.74. The van der Waals surface area contributed by atoms with E-state index in [0.29, 0.717) is 23.6 Å². The fraction of sp³-hybridized carbons (Fsp3) is 0.0714. The molecule has 116 valence electrons. The zero-order valence-electron chi connectivity index (χ0n) is 12.1. The maximum Gasteiger partial charge on any atom is 0.169 e. The molecular weight excluding hydrogens is 294 g/mol. The van der Waals surface area contributed by atoms with E-state index in [-0.39, 0.29) is 5.82 Å². The van der Waals surface area contributed by atoms with Crippen LogP contribution >= 0.6 is 0 Å². The Bertz CT molecular complexity index is 881. The van der Waals surface area contributed by atoms with Crippen molar-refractivity contribution >= 4 is 29.1 Å². The Balaban J connectivity index is 1.81. The highest BCUT2D eigenvalue weighted by atomic mass is 15.2. The van der Waals surface area contributed by atoms with Crippen molar-refractivity contribution in [1.82, 2.24) is 24.6 Å². The molecule has 9 nitrogen and oxygen atoms in total. The summed E-state index contributed by atoms with van der Waals surface area (Å²) in [5.41, 5.74) is 13.8. The van der Waals surface area contributed by atoms with Gasteiger partial charge in [0.15, 0.2) is 17.3 Å². The van der Waals surface area contributed by atoms with Gasteiger partial charge in [0, 0.05) is 30.4 Å². The lowest BCUT2D eigenvalue weighted by Crippen LogP contribution is -2.10. The molecule has 0 radical (unpaired) electrons. The zero-order chi connectivity index (χ0) is 16.2. The first-order chi connectivity index (χ1) is 11.2. The van der Waals surface area contributed by atoms with Crippen LogP contribution in [0.1, 0.15) is 11.4 Å². The summed E-state index contributed by atoms with van der Waals surface area (Å²) in [5, 5.41) is 14.8. The number of allylic oxidation sites excluding steroid dienone is 1. The molecule has 3 aromatic heterocycles. The molecule has 0 aliphatic heterocycles. The lowest BCUT2D eigenvalue weighted by molar-refractivity contribution is 0.863. The third-order valence-corrected chi connectivity index (χ3v) is 3.18. The van der Waals surface area contributed by atoms with Crippen LogP contribution in [0.3, 0.4) is 0 Å². The maximum absolute atomic E-state index is 7.31. The number of fused-ring (bicyclic) bond motifs is 1. The van der Waals surface area contributed by atoms with Crippen molar-refractivity contribution in [2.24, 2.45) is 5.73 Å². The largest absolute Gasteiger partial charge is 0.404 e. The zero-order valence-corrected chi connectivity index (χ0v) is 12.1. The molecular formula is C14H15N9. The predicted molar refractivity (Wildman–Crippen MR) is 87.7 cm³/mol. The molecule has 3 aromatic rings. The van der Waals surface area contributed by atoms with Crippen molar-refractivity contribution < 1.29 is 0 Å². The van der Waals surface area contributed by atoms with E-state index in [1.54, 1.807) is 16.9 Å². The smallest absolute Gasteiger partial charge is 0.169 e. The average Bonchev–Trinajstić information content (AvgIpc) is 3.03. The van der Waals surface area contributed by atoms with Gasteiger partial charge in [0.2, 0.25) is 0 Å². The van der Waals surface area contributed by atoms with Crippen LogP contribution < -0.4 is 16.8 Å². The summed E-state index contributed by atoms with van der Waals surface area (Å²) in [7, 11) is 0. The van der Waals surface area contributed by atoms with Crippen LogP contribution in [0.15, 0.2) is 36.9 Å². The summed E-state index contributed by atoms with van der Waals surface area (Å²) in [5.74, 6) is 0.676. The van der Waals surface area contributed by atoms with E-state index in [1.807, 2.05) is 12.1 Å². The van der Waals surface area contributed by atoms with Crippen LogP contribution in [-0.2, 0) is 6.54 Å². The van der Waals surface area contributed by atoms with Gasteiger partial charge in [-0.3, -0.25) is 0 Å². The van der Waals surface area contributed by atoms with Crippen LogP contribution in [-0.4, -0.2) is 30.8 Å². The Morgan fingerprint density at radius 1 is 1.35 bits per heavy atom. The maximum atomic E-state index is 7.31. The van der Waals surface area contributed by atoms with Crippen molar-refractivity contribution in [3.8, 4) is 0 Å². The molecule has 0 atom stereocenters. The first kappa shape index (κ1) is 14.4. The van der Waals surface area contributed by atoms with E-state index in [9.17, 15) is 0 Å². The molecule has 0 unspecified atom stereocenters. The first-order valence-electron chi connectivity index (χ1n) is 6.79. The van der Waals surface area contributed by atoms with Crippen LogP contribution in [0.5, 0.6) is 0 Å². The molecule has 3 heterocycles. The number of imidazole rings is 1. The van der Waals surface area contributed by atoms with Crippen molar-refractivity contribution in [3.63, 3.8) is 0 Å². The minimum absolute atomic E-state index is 0.263. The van der Waals surface area contributed by atoms with Gasteiger partial charge in [0.1, 0.15) is 0 Å². The molecule has 0 aliphatic carbocycles. The van der Waals surface area contributed by atoms with Gasteiger partial charge >= 0.3 is 0 Å². The van der Waals surface area contributed by atoms with Gasteiger partial charge in [0.25, 0.3) is 0 Å². The number of anilines is 2. The number of nitrogen functional groups attached to an aromatic ring is 1. The van der Waals surface area contributed by atoms with Gasteiger partial charge in [-0.05, 0) is 12.1 Å². The lowest BCUT2D eigenvalue weighted by atomic mass is 10.2. The van der Waals surface area contributed by atoms with Gasteiger partial charge < -0.3 is 22.2 Å². The van der Waals surface area contributed by atoms with Gasteiger partial charge in [-0.25, -0.2) is 19.5 Å². The van der Waals surface area contributed by atoms with Crippen LogP contribution in [0, 0.1) is 5.41 Å². The molecule has 0 bridgehead atoms. The Kier molecular flexibility index (Phi) is 3.83. The van der Waals surface area contributed by atoms with Crippen molar-refractivity contribution in [3.05, 3.63) is 48.3 Å². The molecule has 9 heteroatoms. The summed E-state index contributed by atoms with van der Waals surface area (Å²) < 4.78 is 1.69. The van der Waals surface area contributed by atoms with Gasteiger partial charge in [-0.1, -0.05) is 0 Å². The minimum atomic E-state index is 0.263. The second kappa shape index (κ2) is 6.10. The van der Waals surface area contributed by atoms with Crippen molar-refractivity contribution in [2.75, 3.05) is 11.1 Å². The van der Waals surface area contributed by atoms with Gasteiger partial charge in [-0.2, -0.15) is 5.10 Å². The molecule has 0 amide bonds. The number of aromatic nitrogens is 5. The number of nitrogens with two attached hydrogens (primary N) is 2. The SMILES string of the molecule is N=CC(=CN)c1cnc(N)c(NCc2ccc3nccn3n2)n1. The Labute approximate surface area is 131 Å². The quantitative estimate of drug-likeness (QED) is 0.507. The van der Waals surface area contributed by atoms with Crippen LogP contribution in [0.25, 0.3) is 11.2 Å². The number of nitrogens with one attached hydrogen (secondary N) is 2. The van der Waals surface area contributed by atoms with Crippen LogP contribution in [0.2, 0.25) is 0 Å². The van der Waals surface area contributed by atoms with E-state index in [4.69, 9.17) is 16.9 Å². The fourth-order valence-electron chi connectivity index (χ4n) is 2.00. The molecule has 3 rings (SSSR count). The number of hydrogen-bond acceptors (Lipinski definition) is 8. The second-order valence-electron chi connectivity index (χ2n) is 4.66. The highest BCUT2D eigenvalue weighted by molar-refractivity contribution is 6.07. The average molecular weight is 309 g/mol. The summed E-state index contributed by atoms with van der Waals surface area (Å²) in [6.07, 6.45) is 7.34. The highest BCUT2D eigenvalue weighted by Gasteiger charge is 2.08. The van der Waals surface area contributed by atoms with E-state index in [1.165, 1.54) is 12.4 Å². The van der Waals surface area contributed by atoms with Crippen LogP contribution in [0.4, 0.5) is 11.6 Å². The minimum Gasteiger partial charge on any atom is -0.404 e. The topological polar surface area (TPSA) is 144 Å². The van der Waals surface area contributed by atoms with E-state index >= 15 is 0 Å². The first-order valence-corrected chi connectivity index (χ1v) is 6.79. The molecule has 0 saturated heterocycles. The Hall–Kier alpha value is -3.49. The molecule has 0 spiro atoms. The Morgan fingerprint density at radius 2 is 2.22 bits per heavy atom.